The third kappa shape index (κ3) is 3.72. The molecule has 0 radical (unpaired) electrons. The molecule has 0 fully saturated rings. The van der Waals surface area contributed by atoms with E-state index in [4.69, 9.17) is 0 Å². The minimum Gasteiger partial charge on any atom is -0.352 e. The number of rotatable bonds is 3. The van der Waals surface area contributed by atoms with E-state index in [9.17, 15) is 22.8 Å². The van der Waals surface area contributed by atoms with Crippen LogP contribution in [0.2, 0.25) is 0 Å². The van der Waals surface area contributed by atoms with Gasteiger partial charge in [-0.25, -0.2) is 0 Å². The Labute approximate surface area is 113 Å². The topological polar surface area (TPSA) is 58.2 Å². The average Bonchev–Trinajstić information content (AvgIpc) is 2.36. The molecule has 0 spiro atoms. The molecule has 0 aliphatic carbocycles. The molecule has 0 unspecified atom stereocenters. The quantitative estimate of drug-likeness (QED) is 0.895. The van der Waals surface area contributed by atoms with E-state index in [1.54, 1.807) is 12.1 Å². The molecule has 1 heterocycles. The van der Waals surface area contributed by atoms with Crippen molar-refractivity contribution in [2.75, 3.05) is 11.9 Å². The lowest BCUT2D eigenvalue weighted by Gasteiger charge is -2.17. The molecule has 0 saturated heterocycles. The molecule has 1 aliphatic heterocycles. The van der Waals surface area contributed by atoms with Gasteiger partial charge in [-0.1, -0.05) is 0 Å². The van der Waals surface area contributed by atoms with E-state index in [0.29, 0.717) is 24.1 Å². The first-order valence-electron chi connectivity index (χ1n) is 6.13. The number of alkyl halides is 3. The summed E-state index contributed by atoms with van der Waals surface area (Å²) in [5.41, 5.74) is 1.75. The molecule has 2 amide bonds. The van der Waals surface area contributed by atoms with Crippen LogP contribution in [0, 0.1) is 0 Å². The molecular formula is C13H13F3N2O2. The monoisotopic (exact) mass is 286 g/mol. The van der Waals surface area contributed by atoms with E-state index in [0.717, 1.165) is 5.56 Å². The van der Waals surface area contributed by atoms with Gasteiger partial charge in [0.25, 0.3) is 5.91 Å². The first-order valence-corrected chi connectivity index (χ1v) is 6.13. The molecule has 20 heavy (non-hydrogen) atoms. The summed E-state index contributed by atoms with van der Waals surface area (Å²) in [6.45, 7) is -0.448. The predicted molar refractivity (Wildman–Crippen MR) is 66.4 cm³/mol. The highest BCUT2D eigenvalue weighted by atomic mass is 19.4. The molecule has 2 N–H and O–H groups in total. The summed E-state index contributed by atoms with van der Waals surface area (Å²) in [6.07, 6.45) is -4.48. The van der Waals surface area contributed by atoms with Crippen LogP contribution in [0.25, 0.3) is 0 Å². The summed E-state index contributed by atoms with van der Waals surface area (Å²) < 4.78 is 35.9. The van der Waals surface area contributed by atoms with E-state index in [1.165, 1.54) is 6.07 Å². The fraction of sp³-hybridized carbons (Fsp3) is 0.385. The number of hydrogen-bond donors (Lipinski definition) is 2. The molecular weight excluding hydrogens is 273 g/mol. The van der Waals surface area contributed by atoms with Gasteiger partial charge in [0.05, 0.1) is 6.42 Å². The third-order valence-corrected chi connectivity index (χ3v) is 2.96. The minimum atomic E-state index is -4.28. The number of benzene rings is 1. The van der Waals surface area contributed by atoms with Crippen molar-refractivity contribution in [1.82, 2.24) is 5.32 Å². The molecule has 108 valence electrons. The van der Waals surface area contributed by atoms with Gasteiger partial charge in [0.2, 0.25) is 5.91 Å². The van der Waals surface area contributed by atoms with Crippen LogP contribution in [0.3, 0.4) is 0 Å². The summed E-state index contributed by atoms with van der Waals surface area (Å²) in [4.78, 5) is 22.9. The SMILES string of the molecule is O=C1CCc2cc(C(=O)NCCC(F)(F)F)ccc2N1. The van der Waals surface area contributed by atoms with Crippen molar-refractivity contribution in [3.05, 3.63) is 29.3 Å². The first-order chi connectivity index (χ1) is 9.35. The molecule has 0 saturated carbocycles. The lowest BCUT2D eigenvalue weighted by molar-refractivity contribution is -0.133. The van der Waals surface area contributed by atoms with Crippen LogP contribution in [0.4, 0.5) is 18.9 Å². The highest BCUT2D eigenvalue weighted by molar-refractivity contribution is 5.97. The molecule has 4 nitrogen and oxygen atoms in total. The summed E-state index contributed by atoms with van der Waals surface area (Å²) in [5.74, 6) is -0.631. The Morgan fingerprint density at radius 2 is 2.05 bits per heavy atom. The van der Waals surface area contributed by atoms with Gasteiger partial charge in [0.1, 0.15) is 0 Å². The number of aryl methyl sites for hydroxylation is 1. The summed E-state index contributed by atoms with van der Waals surface area (Å²) in [7, 11) is 0. The number of carbonyl (C=O) groups excluding carboxylic acids is 2. The standard InChI is InChI=1S/C13H13F3N2O2/c14-13(15,16)5-6-17-12(20)9-1-3-10-8(7-9)2-4-11(19)18-10/h1,3,7H,2,4-6H2,(H,17,20)(H,18,19). The van der Waals surface area contributed by atoms with E-state index >= 15 is 0 Å². The van der Waals surface area contributed by atoms with E-state index in [-0.39, 0.29) is 5.91 Å². The highest BCUT2D eigenvalue weighted by Crippen LogP contribution is 2.23. The first kappa shape index (κ1) is 14.4. The summed E-state index contributed by atoms with van der Waals surface area (Å²) >= 11 is 0. The maximum Gasteiger partial charge on any atom is 0.390 e. The fourth-order valence-corrected chi connectivity index (χ4v) is 1.94. The van der Waals surface area contributed by atoms with Crippen LogP contribution >= 0.6 is 0 Å². The smallest absolute Gasteiger partial charge is 0.352 e. The van der Waals surface area contributed by atoms with Crippen LogP contribution in [0.5, 0.6) is 0 Å². The number of halogens is 3. The van der Waals surface area contributed by atoms with Crippen molar-refractivity contribution in [2.45, 2.75) is 25.4 Å². The number of hydrogen-bond acceptors (Lipinski definition) is 2. The van der Waals surface area contributed by atoms with E-state index < -0.39 is 25.0 Å². The van der Waals surface area contributed by atoms with Crippen LogP contribution in [-0.4, -0.2) is 24.5 Å². The van der Waals surface area contributed by atoms with Gasteiger partial charge in [0, 0.05) is 24.2 Å². The average molecular weight is 286 g/mol. The molecule has 0 bridgehead atoms. The van der Waals surface area contributed by atoms with Gasteiger partial charge >= 0.3 is 6.18 Å². The Balaban J connectivity index is 1.99. The molecule has 0 aromatic heterocycles. The Hall–Kier alpha value is -2.05. The summed E-state index contributed by atoms with van der Waals surface area (Å²) in [5, 5.41) is 4.89. The third-order valence-electron chi connectivity index (χ3n) is 2.96. The maximum absolute atomic E-state index is 12.0. The molecule has 0 atom stereocenters. The van der Waals surface area contributed by atoms with Crippen molar-refractivity contribution in [1.29, 1.82) is 0 Å². The Kier molecular flexibility index (Phi) is 3.96. The Morgan fingerprint density at radius 3 is 2.75 bits per heavy atom. The van der Waals surface area contributed by atoms with Crippen LogP contribution < -0.4 is 10.6 Å². The van der Waals surface area contributed by atoms with Crippen LogP contribution in [0.15, 0.2) is 18.2 Å². The molecule has 1 aliphatic rings. The number of fused-ring (bicyclic) bond motifs is 1. The second-order valence-corrected chi connectivity index (χ2v) is 4.54. The van der Waals surface area contributed by atoms with E-state index in [1.807, 2.05) is 0 Å². The van der Waals surface area contributed by atoms with Gasteiger partial charge in [-0.3, -0.25) is 9.59 Å². The zero-order chi connectivity index (χ0) is 14.8. The number of anilines is 1. The van der Waals surface area contributed by atoms with Gasteiger partial charge < -0.3 is 10.6 Å². The lowest BCUT2D eigenvalue weighted by atomic mass is 10.00. The molecule has 1 aromatic carbocycles. The van der Waals surface area contributed by atoms with E-state index in [2.05, 4.69) is 10.6 Å². The second-order valence-electron chi connectivity index (χ2n) is 4.54. The maximum atomic E-state index is 12.0. The molecule has 1 aromatic rings. The second kappa shape index (κ2) is 5.52. The molecule has 2 rings (SSSR count). The number of nitrogens with one attached hydrogen (secondary N) is 2. The zero-order valence-electron chi connectivity index (χ0n) is 10.5. The number of amides is 2. The van der Waals surface area contributed by atoms with Crippen molar-refractivity contribution < 1.29 is 22.8 Å². The van der Waals surface area contributed by atoms with Crippen LogP contribution in [0.1, 0.15) is 28.8 Å². The van der Waals surface area contributed by atoms with Crippen LogP contribution in [-0.2, 0) is 11.2 Å². The lowest BCUT2D eigenvalue weighted by Crippen LogP contribution is -2.28. The normalized spacial score (nSPS) is 14.4. The Bertz CT molecular complexity index is 541. The van der Waals surface area contributed by atoms with Crippen molar-refractivity contribution in [2.24, 2.45) is 0 Å². The Morgan fingerprint density at radius 1 is 1.30 bits per heavy atom. The minimum absolute atomic E-state index is 0.0834. The summed E-state index contributed by atoms with van der Waals surface area (Å²) in [6, 6.07) is 4.66. The van der Waals surface area contributed by atoms with Gasteiger partial charge in [0.15, 0.2) is 0 Å². The molecule has 7 heteroatoms. The van der Waals surface area contributed by atoms with Crippen molar-refractivity contribution >= 4 is 17.5 Å². The number of carbonyl (C=O) groups is 2. The largest absolute Gasteiger partial charge is 0.390 e. The van der Waals surface area contributed by atoms with Crippen molar-refractivity contribution in [3.63, 3.8) is 0 Å². The fourth-order valence-electron chi connectivity index (χ4n) is 1.94. The van der Waals surface area contributed by atoms with Gasteiger partial charge in [-0.15, -0.1) is 0 Å². The van der Waals surface area contributed by atoms with Gasteiger partial charge in [-0.05, 0) is 30.2 Å². The zero-order valence-corrected chi connectivity index (χ0v) is 10.5. The highest BCUT2D eigenvalue weighted by Gasteiger charge is 2.26. The van der Waals surface area contributed by atoms with Crippen molar-refractivity contribution in [3.8, 4) is 0 Å². The van der Waals surface area contributed by atoms with Gasteiger partial charge in [-0.2, -0.15) is 13.2 Å². The predicted octanol–water partition coefficient (Wildman–Crippen LogP) is 2.25.